The van der Waals surface area contributed by atoms with Crippen LogP contribution in [0.3, 0.4) is 0 Å². The lowest BCUT2D eigenvalue weighted by atomic mass is 10.0. The molecule has 2 heteroatoms. The minimum atomic E-state index is 0.750. The van der Waals surface area contributed by atoms with Crippen molar-refractivity contribution in [1.82, 2.24) is 4.57 Å². The Balaban J connectivity index is 0.000000671. The number of hydrogen-bond acceptors (Lipinski definition) is 1. The largest absolute Gasteiger partial charge is 0.516 e. The maximum absolute atomic E-state index is 7.33. The van der Waals surface area contributed by atoms with Crippen LogP contribution in [0.2, 0.25) is 0 Å². The predicted octanol–water partition coefficient (Wildman–Crippen LogP) is 8.79. The molecule has 0 spiro atoms. The van der Waals surface area contributed by atoms with Crippen LogP contribution in [0.1, 0.15) is 56.7 Å². The van der Waals surface area contributed by atoms with E-state index in [1.54, 1.807) is 0 Å². The summed E-state index contributed by atoms with van der Waals surface area (Å²) < 4.78 is 2.45. The lowest BCUT2D eigenvalue weighted by molar-refractivity contribution is 0.476. The lowest BCUT2D eigenvalue weighted by Crippen LogP contribution is -1.94. The monoisotopic (exact) mass is 429 g/mol. The van der Waals surface area contributed by atoms with Crippen LogP contribution in [-0.4, -0.2) is 9.67 Å². The average Bonchev–Trinajstić information content (AvgIpc) is 3.13. The molecule has 0 aliphatic rings. The summed E-state index contributed by atoms with van der Waals surface area (Å²) in [6.45, 7) is 12.4. The maximum atomic E-state index is 7.33. The van der Waals surface area contributed by atoms with Gasteiger partial charge < -0.3 is 9.67 Å². The molecule has 0 unspecified atom stereocenters. The van der Waals surface area contributed by atoms with Gasteiger partial charge in [0, 0.05) is 28.4 Å². The molecule has 0 aliphatic heterocycles. The molecule has 0 saturated carbocycles. The van der Waals surface area contributed by atoms with Gasteiger partial charge in [0.05, 0.1) is 6.26 Å². The highest BCUT2D eigenvalue weighted by molar-refractivity contribution is 6.08. The highest BCUT2D eigenvalue weighted by Gasteiger charge is 2.09. The third kappa shape index (κ3) is 6.50. The summed E-state index contributed by atoms with van der Waals surface area (Å²) in [5.74, 6) is 0. The molecule has 0 fully saturated rings. The highest BCUT2D eigenvalue weighted by Crippen LogP contribution is 2.30. The fraction of sp³-hybridized carbons (Fsp3) is 0.333. The smallest absolute Gasteiger partial charge is 0.0719 e. The van der Waals surface area contributed by atoms with Gasteiger partial charge in [0.2, 0.25) is 0 Å². The van der Waals surface area contributed by atoms with Gasteiger partial charge in [-0.05, 0) is 62.8 Å². The Morgan fingerprint density at radius 2 is 1.41 bits per heavy atom. The number of rotatable bonds is 7. The molecule has 4 rings (SSSR count). The maximum Gasteiger partial charge on any atom is 0.0719 e. The van der Waals surface area contributed by atoms with Gasteiger partial charge in [-0.25, -0.2) is 0 Å². The van der Waals surface area contributed by atoms with E-state index in [0.29, 0.717) is 0 Å². The number of aromatic nitrogens is 1. The van der Waals surface area contributed by atoms with Gasteiger partial charge in [0.25, 0.3) is 0 Å². The van der Waals surface area contributed by atoms with Crippen molar-refractivity contribution in [1.29, 1.82) is 0 Å². The predicted molar refractivity (Wildman–Crippen MR) is 142 cm³/mol. The summed E-state index contributed by atoms with van der Waals surface area (Å²) in [6.07, 6.45) is 6.97. The van der Waals surface area contributed by atoms with Crippen molar-refractivity contribution in [2.75, 3.05) is 0 Å². The van der Waals surface area contributed by atoms with Gasteiger partial charge in [-0.3, -0.25) is 0 Å². The number of aryl methyl sites for hydroxylation is 4. The number of nitrogens with zero attached hydrogens (tertiary/aromatic N) is 1. The van der Waals surface area contributed by atoms with Crippen molar-refractivity contribution in [3.63, 3.8) is 0 Å². The molecule has 1 N–H and O–H groups in total. The van der Waals surface area contributed by atoms with Crippen molar-refractivity contribution >= 4 is 21.8 Å². The molecule has 32 heavy (non-hydrogen) atoms. The van der Waals surface area contributed by atoms with Crippen molar-refractivity contribution in [3.05, 3.63) is 96.3 Å². The number of fused-ring (bicyclic) bond motifs is 3. The van der Waals surface area contributed by atoms with Gasteiger partial charge in [-0.1, -0.05) is 87.0 Å². The average molecular weight is 430 g/mol. The zero-order valence-electron chi connectivity index (χ0n) is 20.3. The number of benzene rings is 3. The van der Waals surface area contributed by atoms with Crippen molar-refractivity contribution in [3.8, 4) is 0 Å². The first-order valence-electron chi connectivity index (χ1n) is 12.0. The van der Waals surface area contributed by atoms with Gasteiger partial charge >= 0.3 is 0 Å². The first-order chi connectivity index (χ1) is 15.7. The second-order valence-electron chi connectivity index (χ2n) is 7.85. The normalized spacial score (nSPS) is 10.2. The van der Waals surface area contributed by atoms with Crippen molar-refractivity contribution in [2.45, 2.75) is 66.3 Å². The first-order valence-corrected chi connectivity index (χ1v) is 12.0. The molecule has 0 radical (unpaired) electrons. The summed E-state index contributed by atoms with van der Waals surface area (Å²) in [4.78, 5) is 0. The molecule has 0 atom stereocenters. The first kappa shape index (κ1) is 25.3. The summed E-state index contributed by atoms with van der Waals surface area (Å²) in [5, 5.41) is 10.1. The van der Waals surface area contributed by atoms with E-state index in [2.05, 4.69) is 91.7 Å². The van der Waals surface area contributed by atoms with Crippen LogP contribution >= 0.6 is 0 Å². The zero-order chi connectivity index (χ0) is 23.3. The quantitative estimate of drug-likeness (QED) is 0.230. The molecular weight excluding hydrogens is 390 g/mol. The number of para-hydroxylation sites is 1. The van der Waals surface area contributed by atoms with Gasteiger partial charge in [-0.2, -0.15) is 0 Å². The van der Waals surface area contributed by atoms with Crippen molar-refractivity contribution in [2.24, 2.45) is 0 Å². The molecule has 0 saturated heterocycles. The Hall–Kier alpha value is -3.00. The number of hydrogen-bond donors (Lipinski definition) is 1. The van der Waals surface area contributed by atoms with Crippen LogP contribution in [-0.2, 0) is 19.4 Å². The van der Waals surface area contributed by atoms with E-state index in [1.807, 2.05) is 13.8 Å². The van der Waals surface area contributed by atoms with E-state index in [-0.39, 0.29) is 0 Å². The second-order valence-corrected chi connectivity index (χ2v) is 7.85. The molecule has 0 aliphatic carbocycles. The van der Waals surface area contributed by atoms with Crippen LogP contribution in [0.25, 0.3) is 21.8 Å². The van der Waals surface area contributed by atoms with Crippen LogP contribution in [0.15, 0.2) is 79.6 Å². The van der Waals surface area contributed by atoms with Gasteiger partial charge in [0.1, 0.15) is 0 Å². The van der Waals surface area contributed by atoms with E-state index < -0.39 is 0 Å². The molecule has 0 amide bonds. The fourth-order valence-electron chi connectivity index (χ4n) is 4.29. The Morgan fingerprint density at radius 1 is 0.781 bits per heavy atom. The molecular formula is C30H39NO. The molecule has 170 valence electrons. The fourth-order valence-corrected chi connectivity index (χ4v) is 4.29. The summed E-state index contributed by atoms with van der Waals surface area (Å²) in [5.41, 5.74) is 7.05. The molecule has 1 heterocycles. The number of aliphatic hydroxyl groups is 1. The van der Waals surface area contributed by atoms with Crippen LogP contribution in [0.5, 0.6) is 0 Å². The van der Waals surface area contributed by atoms with E-state index in [4.69, 9.17) is 5.11 Å². The van der Waals surface area contributed by atoms with E-state index in [9.17, 15) is 0 Å². The van der Waals surface area contributed by atoms with Gasteiger partial charge in [-0.15, -0.1) is 0 Å². The minimum absolute atomic E-state index is 0.750. The molecule has 2 nitrogen and oxygen atoms in total. The SMILES string of the molecule is C=CO.CC.CCn1c2ccccc2c2ccc(CCCCCc3cccc(C)c3)cc21. The summed E-state index contributed by atoms with van der Waals surface area (Å²) >= 11 is 0. The Labute approximate surface area is 194 Å². The van der Waals surface area contributed by atoms with Crippen LogP contribution in [0, 0.1) is 6.92 Å². The third-order valence-electron chi connectivity index (χ3n) is 5.67. The molecule has 0 bridgehead atoms. The van der Waals surface area contributed by atoms with E-state index in [1.165, 1.54) is 70.6 Å². The number of unbranched alkanes of at least 4 members (excludes halogenated alkanes) is 2. The van der Waals surface area contributed by atoms with E-state index >= 15 is 0 Å². The second kappa shape index (κ2) is 13.4. The Morgan fingerprint density at radius 3 is 2.06 bits per heavy atom. The third-order valence-corrected chi connectivity index (χ3v) is 5.67. The van der Waals surface area contributed by atoms with Crippen LogP contribution < -0.4 is 0 Å². The Kier molecular flexibility index (Phi) is 10.6. The summed E-state index contributed by atoms with van der Waals surface area (Å²) in [7, 11) is 0. The molecule has 1 aromatic heterocycles. The summed E-state index contributed by atoms with van der Waals surface area (Å²) in [6, 6.07) is 24.8. The molecule has 3 aromatic carbocycles. The van der Waals surface area contributed by atoms with Crippen molar-refractivity contribution < 1.29 is 5.11 Å². The minimum Gasteiger partial charge on any atom is -0.516 e. The lowest BCUT2D eigenvalue weighted by Gasteiger charge is -2.06. The van der Waals surface area contributed by atoms with Crippen LogP contribution in [0.4, 0.5) is 0 Å². The zero-order valence-corrected chi connectivity index (χ0v) is 20.3. The Bertz CT molecular complexity index is 1110. The van der Waals surface area contributed by atoms with E-state index in [0.717, 1.165) is 12.8 Å². The number of aliphatic hydroxyl groups excluding tert-OH is 1. The molecule has 4 aromatic rings. The standard InChI is InChI=1S/C26H29N.C2H4O.C2H6/c1-3-27-25-15-8-7-14-23(25)24-17-16-22(19-26(24)27)12-6-4-5-11-21-13-9-10-20(2)18-21;1-2-3;1-2/h7-10,13-19H,3-6,11-12H2,1-2H3;2-3H,1H2;1-2H3. The topological polar surface area (TPSA) is 25.2 Å². The highest BCUT2D eigenvalue weighted by atomic mass is 16.2. The van der Waals surface area contributed by atoms with Gasteiger partial charge in [0.15, 0.2) is 0 Å².